The van der Waals surface area contributed by atoms with Crippen LogP contribution in [0.4, 0.5) is 13.2 Å². The number of hydrogen-bond acceptors (Lipinski definition) is 1. The number of alkyl halides is 3. The predicted molar refractivity (Wildman–Crippen MR) is 84.6 cm³/mol. The van der Waals surface area contributed by atoms with Gasteiger partial charge in [0.15, 0.2) is 0 Å². The first-order chi connectivity index (χ1) is 10.7. The number of aryl methyl sites for hydroxylation is 3. The van der Waals surface area contributed by atoms with Crippen LogP contribution in [0.3, 0.4) is 0 Å². The Labute approximate surface area is 131 Å². The lowest BCUT2D eigenvalue weighted by Gasteiger charge is -2.07. The minimum Gasteiger partial charge on any atom is -0.507 e. The molecule has 0 unspecified atom stereocenters. The third-order valence-electron chi connectivity index (χ3n) is 4.17. The maximum Gasteiger partial charge on any atom is 0.416 e. The highest BCUT2D eigenvalue weighted by Crippen LogP contribution is 2.36. The average molecular weight is 319 g/mol. The molecule has 0 atom stereocenters. The Hall–Kier alpha value is -2.43. The molecule has 23 heavy (non-hydrogen) atoms. The van der Waals surface area contributed by atoms with Gasteiger partial charge in [0.05, 0.1) is 5.56 Å². The molecule has 0 fully saturated rings. The molecule has 3 aromatic rings. The lowest BCUT2D eigenvalue weighted by atomic mass is 10.0. The van der Waals surface area contributed by atoms with Crippen molar-refractivity contribution in [2.75, 3.05) is 0 Å². The van der Waals surface area contributed by atoms with Crippen molar-refractivity contribution >= 4 is 10.9 Å². The zero-order chi connectivity index (χ0) is 16.9. The smallest absolute Gasteiger partial charge is 0.416 e. The minimum atomic E-state index is -4.36. The van der Waals surface area contributed by atoms with Gasteiger partial charge in [-0.05, 0) is 67.3 Å². The number of nitrogens with one attached hydrogen (secondary N) is 1. The number of fused-ring (bicyclic) bond motifs is 1. The molecule has 0 amide bonds. The molecule has 0 aliphatic carbocycles. The van der Waals surface area contributed by atoms with Gasteiger partial charge in [-0.15, -0.1) is 0 Å². The normalized spacial score (nSPS) is 12.1. The van der Waals surface area contributed by atoms with Gasteiger partial charge in [-0.3, -0.25) is 0 Å². The molecule has 2 nitrogen and oxygen atoms in total. The van der Waals surface area contributed by atoms with Crippen LogP contribution in [0.2, 0.25) is 0 Å². The lowest BCUT2D eigenvalue weighted by molar-refractivity contribution is -0.137. The quantitative estimate of drug-likeness (QED) is 0.612. The molecule has 2 aromatic carbocycles. The van der Waals surface area contributed by atoms with Crippen LogP contribution < -0.4 is 0 Å². The number of aromatic hydroxyl groups is 1. The van der Waals surface area contributed by atoms with Crippen LogP contribution in [-0.4, -0.2) is 10.1 Å². The van der Waals surface area contributed by atoms with E-state index in [1.54, 1.807) is 13.8 Å². The van der Waals surface area contributed by atoms with Crippen LogP contribution in [-0.2, 0) is 6.18 Å². The Morgan fingerprint density at radius 2 is 1.57 bits per heavy atom. The van der Waals surface area contributed by atoms with Crippen molar-refractivity contribution in [3.05, 3.63) is 52.6 Å². The number of halogens is 3. The van der Waals surface area contributed by atoms with Crippen LogP contribution in [0.15, 0.2) is 30.3 Å². The van der Waals surface area contributed by atoms with E-state index in [-0.39, 0.29) is 5.75 Å². The van der Waals surface area contributed by atoms with Crippen molar-refractivity contribution in [3.63, 3.8) is 0 Å². The van der Waals surface area contributed by atoms with E-state index in [2.05, 4.69) is 4.98 Å². The number of benzene rings is 2. The maximum absolute atomic E-state index is 12.9. The summed E-state index contributed by atoms with van der Waals surface area (Å²) in [5, 5.41) is 10.6. The van der Waals surface area contributed by atoms with Gasteiger partial charge < -0.3 is 10.1 Å². The molecule has 0 spiro atoms. The molecule has 0 aliphatic rings. The summed E-state index contributed by atoms with van der Waals surface area (Å²) in [6.45, 7) is 5.47. The lowest BCUT2D eigenvalue weighted by Crippen LogP contribution is -2.04. The number of aromatic amines is 1. The second kappa shape index (κ2) is 5.05. The zero-order valence-corrected chi connectivity index (χ0v) is 13.0. The minimum absolute atomic E-state index is 0.238. The van der Waals surface area contributed by atoms with Gasteiger partial charge in [0.1, 0.15) is 5.75 Å². The van der Waals surface area contributed by atoms with Crippen molar-refractivity contribution < 1.29 is 18.3 Å². The summed E-state index contributed by atoms with van der Waals surface area (Å²) in [4.78, 5) is 3.08. The molecule has 120 valence electrons. The Kier molecular flexibility index (Phi) is 3.39. The highest BCUT2D eigenvalue weighted by Gasteiger charge is 2.30. The monoisotopic (exact) mass is 319 g/mol. The third kappa shape index (κ3) is 2.56. The van der Waals surface area contributed by atoms with Gasteiger partial charge in [-0.25, -0.2) is 0 Å². The maximum atomic E-state index is 12.9. The number of phenols is 1. The summed E-state index contributed by atoms with van der Waals surface area (Å²) < 4.78 is 38.6. The zero-order valence-electron chi connectivity index (χ0n) is 13.0. The van der Waals surface area contributed by atoms with Gasteiger partial charge in [0, 0.05) is 16.6 Å². The van der Waals surface area contributed by atoms with Crippen LogP contribution in [0.25, 0.3) is 22.2 Å². The average Bonchev–Trinajstić information content (AvgIpc) is 2.80. The fourth-order valence-corrected chi connectivity index (χ4v) is 2.90. The van der Waals surface area contributed by atoms with E-state index in [9.17, 15) is 18.3 Å². The molecule has 0 aliphatic heterocycles. The molecule has 0 saturated carbocycles. The molecule has 3 rings (SSSR count). The van der Waals surface area contributed by atoms with Gasteiger partial charge >= 0.3 is 6.18 Å². The van der Waals surface area contributed by atoms with Crippen LogP contribution in [0, 0.1) is 20.8 Å². The molecule has 5 heteroatoms. The van der Waals surface area contributed by atoms with Crippen LogP contribution >= 0.6 is 0 Å². The topological polar surface area (TPSA) is 36.0 Å². The third-order valence-corrected chi connectivity index (χ3v) is 4.17. The van der Waals surface area contributed by atoms with E-state index < -0.39 is 11.7 Å². The number of phenolic OH excluding ortho intramolecular Hbond substituents is 1. The molecule has 2 N–H and O–H groups in total. The highest BCUT2D eigenvalue weighted by atomic mass is 19.4. The number of aromatic nitrogens is 1. The first-order valence-corrected chi connectivity index (χ1v) is 7.18. The summed E-state index contributed by atoms with van der Waals surface area (Å²) in [6.07, 6.45) is -4.36. The standard InChI is InChI=1S/C18H16F3NO/c1-9-6-12(7-10(2)17(9)23)16-11(3)14-5-4-13(18(19,20)21)8-15(14)22-16/h4-8,22-23H,1-3H3. The van der Waals surface area contributed by atoms with Gasteiger partial charge in [0.2, 0.25) is 0 Å². The predicted octanol–water partition coefficient (Wildman–Crippen LogP) is 5.48. The molecule has 1 aromatic heterocycles. The molecule has 0 bridgehead atoms. The summed E-state index contributed by atoms with van der Waals surface area (Å²) in [6, 6.07) is 7.37. The SMILES string of the molecule is Cc1cc(-c2[nH]c3cc(C(F)(F)F)ccc3c2C)cc(C)c1O. The van der Waals surface area contributed by atoms with E-state index in [1.165, 1.54) is 6.07 Å². The molecular formula is C18H16F3NO. The van der Waals surface area contributed by atoms with Crippen molar-refractivity contribution in [1.82, 2.24) is 4.98 Å². The van der Waals surface area contributed by atoms with E-state index >= 15 is 0 Å². The van der Waals surface area contributed by atoms with E-state index in [1.807, 2.05) is 19.1 Å². The summed E-state index contributed by atoms with van der Waals surface area (Å²) >= 11 is 0. The summed E-state index contributed by atoms with van der Waals surface area (Å²) in [5.41, 5.74) is 3.75. The van der Waals surface area contributed by atoms with E-state index in [0.717, 1.165) is 45.5 Å². The number of rotatable bonds is 1. The molecule has 0 saturated heterocycles. The van der Waals surface area contributed by atoms with Gasteiger partial charge in [-0.2, -0.15) is 13.2 Å². The Balaban J connectivity index is 2.21. The van der Waals surface area contributed by atoms with Crippen molar-refractivity contribution in [2.45, 2.75) is 26.9 Å². The second-order valence-corrected chi connectivity index (χ2v) is 5.84. The van der Waals surface area contributed by atoms with Crippen molar-refractivity contribution in [1.29, 1.82) is 0 Å². The molecular weight excluding hydrogens is 303 g/mol. The fourth-order valence-electron chi connectivity index (χ4n) is 2.90. The van der Waals surface area contributed by atoms with Gasteiger partial charge in [-0.1, -0.05) is 6.07 Å². The number of H-pyrrole nitrogens is 1. The molecule has 0 radical (unpaired) electrons. The Bertz CT molecular complexity index is 884. The highest BCUT2D eigenvalue weighted by molar-refractivity contribution is 5.91. The first kappa shape index (κ1) is 15.5. The summed E-state index contributed by atoms with van der Waals surface area (Å²) in [5.74, 6) is 0.238. The molecule has 1 heterocycles. The Morgan fingerprint density at radius 3 is 2.13 bits per heavy atom. The second-order valence-electron chi connectivity index (χ2n) is 5.84. The number of hydrogen-bond donors (Lipinski definition) is 2. The van der Waals surface area contributed by atoms with Crippen LogP contribution in [0.5, 0.6) is 5.75 Å². The van der Waals surface area contributed by atoms with Crippen molar-refractivity contribution in [2.24, 2.45) is 0 Å². The first-order valence-electron chi connectivity index (χ1n) is 7.18. The van der Waals surface area contributed by atoms with Gasteiger partial charge in [0.25, 0.3) is 0 Å². The van der Waals surface area contributed by atoms with Crippen molar-refractivity contribution in [3.8, 4) is 17.0 Å². The Morgan fingerprint density at radius 1 is 0.957 bits per heavy atom. The fraction of sp³-hybridized carbons (Fsp3) is 0.222. The van der Waals surface area contributed by atoms with E-state index in [0.29, 0.717) is 5.52 Å². The van der Waals surface area contributed by atoms with Crippen LogP contribution in [0.1, 0.15) is 22.3 Å². The summed E-state index contributed by atoms with van der Waals surface area (Å²) in [7, 11) is 0. The van der Waals surface area contributed by atoms with E-state index in [4.69, 9.17) is 0 Å². The largest absolute Gasteiger partial charge is 0.507 e.